The molecule has 0 spiro atoms. The van der Waals surface area contributed by atoms with Crippen molar-refractivity contribution < 1.29 is 8.78 Å². The third-order valence-corrected chi connectivity index (χ3v) is 7.58. The smallest absolute Gasteiger partial charge is 0.131 e. The van der Waals surface area contributed by atoms with Gasteiger partial charge in [0.1, 0.15) is 11.6 Å². The van der Waals surface area contributed by atoms with Gasteiger partial charge in [-0.05, 0) is 106 Å². The van der Waals surface area contributed by atoms with Gasteiger partial charge < -0.3 is 0 Å². The Bertz CT molecular complexity index is 898. The van der Waals surface area contributed by atoms with E-state index < -0.39 is 0 Å². The molecule has 2 aliphatic rings. The van der Waals surface area contributed by atoms with Gasteiger partial charge in [0.15, 0.2) is 0 Å². The third-order valence-electron chi connectivity index (χ3n) is 7.58. The summed E-state index contributed by atoms with van der Waals surface area (Å²) in [5, 5.41) is 0. The van der Waals surface area contributed by atoms with E-state index in [0.717, 1.165) is 35.3 Å². The Hall–Kier alpha value is -1.96. The largest absolute Gasteiger partial charge is 0.206 e. The summed E-state index contributed by atoms with van der Waals surface area (Å²) in [7, 11) is 0. The number of fused-ring (bicyclic) bond motifs is 1. The van der Waals surface area contributed by atoms with Gasteiger partial charge in [0.2, 0.25) is 0 Å². The van der Waals surface area contributed by atoms with Crippen LogP contribution in [0.3, 0.4) is 0 Å². The zero-order valence-electron chi connectivity index (χ0n) is 18.3. The number of hydrogen-bond donors (Lipinski definition) is 0. The topological polar surface area (TPSA) is 0 Å². The van der Waals surface area contributed by atoms with E-state index in [1.165, 1.54) is 51.0 Å². The highest BCUT2D eigenvalue weighted by Crippen LogP contribution is 2.48. The first kappa shape index (κ1) is 21.3. The molecule has 2 aromatic carbocycles. The minimum Gasteiger partial charge on any atom is -0.206 e. The predicted molar refractivity (Wildman–Crippen MR) is 121 cm³/mol. The standard InChI is InChI=1S/C28H34F2/c1-3-4-5-6-20-8-9-22-17-23(11-10-21(22)16-20)24-12-14-26(28(30)18-24)25-13-7-19(2)15-27(25)29/h3-4,7,12-15,18,20-23H,5-6,8-11,16-17H2,1-2H3/b4-3+. The fourth-order valence-corrected chi connectivity index (χ4v) is 5.89. The fraction of sp³-hybridized carbons (Fsp3) is 0.500. The Morgan fingerprint density at radius 2 is 1.57 bits per heavy atom. The number of halogens is 2. The minimum absolute atomic E-state index is 0.301. The molecular formula is C28H34F2. The first-order valence-corrected chi connectivity index (χ1v) is 11.7. The van der Waals surface area contributed by atoms with Crippen LogP contribution < -0.4 is 0 Å². The molecule has 0 saturated heterocycles. The highest BCUT2D eigenvalue weighted by Gasteiger charge is 2.35. The van der Waals surface area contributed by atoms with E-state index in [2.05, 4.69) is 19.1 Å². The fourth-order valence-electron chi connectivity index (χ4n) is 5.89. The van der Waals surface area contributed by atoms with Gasteiger partial charge in [0.05, 0.1) is 0 Å². The minimum atomic E-state index is -0.353. The van der Waals surface area contributed by atoms with Crippen LogP contribution in [-0.4, -0.2) is 0 Å². The van der Waals surface area contributed by atoms with Crippen molar-refractivity contribution in [1.29, 1.82) is 0 Å². The average Bonchev–Trinajstić information content (AvgIpc) is 2.74. The molecule has 4 unspecified atom stereocenters. The van der Waals surface area contributed by atoms with E-state index in [1.54, 1.807) is 18.2 Å². The summed E-state index contributed by atoms with van der Waals surface area (Å²) in [4.78, 5) is 0. The van der Waals surface area contributed by atoms with Crippen LogP contribution in [0.15, 0.2) is 48.6 Å². The lowest BCUT2D eigenvalue weighted by atomic mass is 9.63. The lowest BCUT2D eigenvalue weighted by Gasteiger charge is -2.42. The summed E-state index contributed by atoms with van der Waals surface area (Å²) in [6.07, 6.45) is 14.7. The highest BCUT2D eigenvalue weighted by molar-refractivity contribution is 5.65. The van der Waals surface area contributed by atoms with Crippen LogP contribution in [0.5, 0.6) is 0 Å². The zero-order chi connectivity index (χ0) is 21.1. The Morgan fingerprint density at radius 3 is 2.30 bits per heavy atom. The molecule has 2 saturated carbocycles. The van der Waals surface area contributed by atoms with Crippen LogP contribution in [0.2, 0.25) is 0 Å². The van der Waals surface area contributed by atoms with Crippen molar-refractivity contribution in [3.8, 4) is 11.1 Å². The molecule has 2 fully saturated rings. The molecule has 0 amide bonds. The maximum absolute atomic E-state index is 14.9. The van der Waals surface area contributed by atoms with Crippen molar-refractivity contribution in [2.45, 2.75) is 71.1 Å². The quantitative estimate of drug-likeness (QED) is 0.434. The second kappa shape index (κ2) is 9.45. The van der Waals surface area contributed by atoms with Crippen molar-refractivity contribution in [1.82, 2.24) is 0 Å². The molecule has 0 heterocycles. The molecule has 0 radical (unpaired) electrons. The summed E-state index contributed by atoms with van der Waals surface area (Å²) >= 11 is 0. The molecule has 0 aliphatic heterocycles. The van der Waals surface area contributed by atoms with Gasteiger partial charge in [-0.1, -0.05) is 42.8 Å². The molecule has 0 aromatic heterocycles. The molecule has 2 heteroatoms. The van der Waals surface area contributed by atoms with Crippen LogP contribution in [0.1, 0.15) is 75.3 Å². The number of hydrogen-bond acceptors (Lipinski definition) is 0. The molecular weight excluding hydrogens is 374 g/mol. The van der Waals surface area contributed by atoms with E-state index >= 15 is 0 Å². The van der Waals surface area contributed by atoms with Crippen LogP contribution in [0.25, 0.3) is 11.1 Å². The third kappa shape index (κ3) is 4.68. The second-order valence-electron chi connectivity index (χ2n) is 9.58. The molecule has 0 N–H and O–H groups in total. The van der Waals surface area contributed by atoms with Crippen molar-refractivity contribution in [2.24, 2.45) is 17.8 Å². The van der Waals surface area contributed by atoms with Crippen molar-refractivity contribution in [2.75, 3.05) is 0 Å². The lowest BCUT2D eigenvalue weighted by molar-refractivity contribution is 0.115. The van der Waals surface area contributed by atoms with Crippen molar-refractivity contribution in [3.63, 3.8) is 0 Å². The average molecular weight is 409 g/mol. The molecule has 160 valence electrons. The van der Waals surface area contributed by atoms with E-state index in [9.17, 15) is 8.78 Å². The number of aryl methyl sites for hydroxylation is 1. The van der Waals surface area contributed by atoms with Crippen LogP contribution >= 0.6 is 0 Å². The summed E-state index contributed by atoms with van der Waals surface area (Å²) in [5.74, 6) is 2.33. The SMILES string of the molecule is C/C=C/CCC1CCC2CC(c3ccc(-c4ccc(C)cc4F)c(F)c3)CCC2C1. The first-order valence-electron chi connectivity index (χ1n) is 11.7. The zero-order valence-corrected chi connectivity index (χ0v) is 18.3. The van der Waals surface area contributed by atoms with Crippen LogP contribution in [0.4, 0.5) is 8.78 Å². The number of benzene rings is 2. The number of rotatable bonds is 5. The summed E-state index contributed by atoms with van der Waals surface area (Å²) in [6, 6.07) is 10.5. The molecule has 4 rings (SSSR count). The Balaban J connectivity index is 1.42. The second-order valence-corrected chi connectivity index (χ2v) is 9.58. The first-order chi connectivity index (χ1) is 14.5. The number of allylic oxidation sites excluding steroid dienone is 2. The summed E-state index contributed by atoms with van der Waals surface area (Å²) in [6.45, 7) is 3.95. The van der Waals surface area contributed by atoms with E-state index in [0.29, 0.717) is 17.0 Å². The highest BCUT2D eigenvalue weighted by atomic mass is 19.1. The van der Waals surface area contributed by atoms with Gasteiger partial charge in [-0.25, -0.2) is 8.78 Å². The Kier molecular flexibility index (Phi) is 6.71. The Morgan fingerprint density at radius 1 is 0.867 bits per heavy atom. The monoisotopic (exact) mass is 408 g/mol. The predicted octanol–water partition coefficient (Wildman–Crippen LogP) is 8.60. The van der Waals surface area contributed by atoms with Gasteiger partial charge in [-0.3, -0.25) is 0 Å². The summed E-state index contributed by atoms with van der Waals surface area (Å²) in [5.41, 5.74) is 2.66. The molecule has 4 atom stereocenters. The van der Waals surface area contributed by atoms with Crippen molar-refractivity contribution >= 4 is 0 Å². The van der Waals surface area contributed by atoms with Crippen molar-refractivity contribution in [3.05, 3.63) is 71.3 Å². The molecule has 2 aliphatic carbocycles. The van der Waals surface area contributed by atoms with Crippen LogP contribution in [-0.2, 0) is 0 Å². The summed E-state index contributed by atoms with van der Waals surface area (Å²) < 4.78 is 29.2. The van der Waals surface area contributed by atoms with Gasteiger partial charge >= 0.3 is 0 Å². The molecule has 30 heavy (non-hydrogen) atoms. The normalized spacial score (nSPS) is 26.7. The van der Waals surface area contributed by atoms with Gasteiger partial charge in [0.25, 0.3) is 0 Å². The van der Waals surface area contributed by atoms with E-state index in [4.69, 9.17) is 0 Å². The maximum atomic E-state index is 14.9. The Labute approximate surface area is 180 Å². The molecule has 0 bridgehead atoms. The molecule has 2 aromatic rings. The van der Waals surface area contributed by atoms with Crippen LogP contribution in [0, 0.1) is 36.3 Å². The van der Waals surface area contributed by atoms with Gasteiger partial charge in [0, 0.05) is 11.1 Å². The van der Waals surface area contributed by atoms with E-state index in [-0.39, 0.29) is 11.6 Å². The lowest BCUT2D eigenvalue weighted by Crippen LogP contribution is -2.30. The van der Waals surface area contributed by atoms with Gasteiger partial charge in [-0.2, -0.15) is 0 Å². The van der Waals surface area contributed by atoms with Gasteiger partial charge in [-0.15, -0.1) is 0 Å². The maximum Gasteiger partial charge on any atom is 0.131 e. The molecule has 0 nitrogen and oxygen atoms in total. The van der Waals surface area contributed by atoms with E-state index in [1.807, 2.05) is 19.1 Å².